The number of carbonyl (C=O) groups excluding carboxylic acids is 1. The second-order valence-electron chi connectivity index (χ2n) is 3.24. The van der Waals surface area contributed by atoms with E-state index in [1.807, 2.05) is 6.08 Å². The molecule has 1 heterocycles. The minimum Gasteiger partial charge on any atom is -0.362 e. The number of ether oxygens (including phenoxy) is 3. The third kappa shape index (κ3) is 1.80. The van der Waals surface area contributed by atoms with Crippen LogP contribution in [0.25, 0.3) is 0 Å². The molecule has 4 nitrogen and oxygen atoms in total. The van der Waals surface area contributed by atoms with Crippen molar-refractivity contribution in [1.82, 2.24) is 0 Å². The van der Waals surface area contributed by atoms with Gasteiger partial charge in [-0.05, 0) is 11.6 Å². The standard InChI is InChI=1S/C9H12O4/c1-11-5-12-7-2-6(4-10)3-8-9(7)13-8/h3-4,7-9H,2,5H2,1H3/t7-,8-,9+/m1/s1. The number of carbonyl (C=O) groups is 1. The van der Waals surface area contributed by atoms with Crippen molar-refractivity contribution < 1.29 is 19.0 Å². The van der Waals surface area contributed by atoms with Gasteiger partial charge in [0.05, 0.1) is 6.10 Å². The van der Waals surface area contributed by atoms with Crippen LogP contribution in [0.15, 0.2) is 11.6 Å². The molecule has 72 valence electrons. The monoisotopic (exact) mass is 184 g/mol. The van der Waals surface area contributed by atoms with E-state index in [1.165, 1.54) is 0 Å². The predicted molar refractivity (Wildman–Crippen MR) is 44.2 cm³/mol. The van der Waals surface area contributed by atoms with Gasteiger partial charge in [0.2, 0.25) is 0 Å². The molecule has 2 rings (SSSR count). The first-order chi connectivity index (χ1) is 6.35. The highest BCUT2D eigenvalue weighted by molar-refractivity contribution is 5.74. The van der Waals surface area contributed by atoms with Gasteiger partial charge in [-0.3, -0.25) is 4.79 Å². The lowest BCUT2D eigenvalue weighted by atomic mass is 9.98. The second-order valence-corrected chi connectivity index (χ2v) is 3.24. The van der Waals surface area contributed by atoms with Crippen LogP contribution in [0.5, 0.6) is 0 Å². The molecule has 0 aromatic carbocycles. The molecule has 0 saturated carbocycles. The van der Waals surface area contributed by atoms with Crippen LogP contribution in [0.2, 0.25) is 0 Å². The van der Waals surface area contributed by atoms with Crippen molar-refractivity contribution in [3.8, 4) is 0 Å². The lowest BCUT2D eigenvalue weighted by Crippen LogP contribution is -2.26. The Labute approximate surface area is 76.5 Å². The van der Waals surface area contributed by atoms with Crippen molar-refractivity contribution in [3.05, 3.63) is 11.6 Å². The van der Waals surface area contributed by atoms with Gasteiger partial charge in [0.25, 0.3) is 0 Å². The zero-order valence-corrected chi connectivity index (χ0v) is 7.43. The molecule has 0 unspecified atom stereocenters. The van der Waals surface area contributed by atoms with E-state index < -0.39 is 0 Å². The fourth-order valence-corrected chi connectivity index (χ4v) is 1.59. The first kappa shape index (κ1) is 8.87. The van der Waals surface area contributed by atoms with Crippen LogP contribution < -0.4 is 0 Å². The van der Waals surface area contributed by atoms with Crippen molar-refractivity contribution in [2.24, 2.45) is 0 Å². The summed E-state index contributed by atoms with van der Waals surface area (Å²) in [5.41, 5.74) is 0.764. The fourth-order valence-electron chi connectivity index (χ4n) is 1.59. The Morgan fingerprint density at radius 1 is 1.77 bits per heavy atom. The van der Waals surface area contributed by atoms with Crippen molar-refractivity contribution in [1.29, 1.82) is 0 Å². The van der Waals surface area contributed by atoms with Gasteiger partial charge in [0.15, 0.2) is 0 Å². The molecule has 0 radical (unpaired) electrons. The van der Waals surface area contributed by atoms with Gasteiger partial charge in [0, 0.05) is 13.5 Å². The number of fused-ring (bicyclic) bond motifs is 1. The number of hydrogen-bond acceptors (Lipinski definition) is 4. The summed E-state index contributed by atoms with van der Waals surface area (Å²) in [6, 6.07) is 0. The Kier molecular flexibility index (Phi) is 2.44. The van der Waals surface area contributed by atoms with Gasteiger partial charge in [0.1, 0.15) is 25.3 Å². The first-order valence-electron chi connectivity index (χ1n) is 4.27. The largest absolute Gasteiger partial charge is 0.362 e. The number of hydrogen-bond donors (Lipinski definition) is 0. The normalized spacial score (nSPS) is 36.4. The Morgan fingerprint density at radius 2 is 2.62 bits per heavy atom. The number of aldehydes is 1. The number of methoxy groups -OCH3 is 1. The van der Waals surface area contributed by atoms with Gasteiger partial charge in [-0.2, -0.15) is 0 Å². The number of epoxide rings is 1. The molecular formula is C9H12O4. The summed E-state index contributed by atoms with van der Waals surface area (Å²) < 4.78 is 15.5. The molecule has 0 N–H and O–H groups in total. The van der Waals surface area contributed by atoms with Crippen molar-refractivity contribution in [3.63, 3.8) is 0 Å². The lowest BCUT2D eigenvalue weighted by Gasteiger charge is -2.17. The van der Waals surface area contributed by atoms with Crippen LogP contribution in [0.1, 0.15) is 6.42 Å². The summed E-state index contributed by atoms with van der Waals surface area (Å²) >= 11 is 0. The van der Waals surface area contributed by atoms with Crippen LogP contribution in [0.4, 0.5) is 0 Å². The smallest absolute Gasteiger partial charge is 0.146 e. The summed E-state index contributed by atoms with van der Waals surface area (Å²) in [6.45, 7) is 0.253. The van der Waals surface area contributed by atoms with E-state index in [0.29, 0.717) is 6.42 Å². The van der Waals surface area contributed by atoms with Crippen molar-refractivity contribution >= 4 is 6.29 Å². The average Bonchev–Trinajstić information content (AvgIpc) is 2.92. The zero-order chi connectivity index (χ0) is 9.26. The third-order valence-corrected chi connectivity index (χ3v) is 2.29. The minimum atomic E-state index is -0.0184. The molecule has 4 heteroatoms. The molecule has 3 atom stereocenters. The SMILES string of the molecule is COCO[C@@H]1CC(C=O)=C[C@H]2O[C@H]21. The molecule has 13 heavy (non-hydrogen) atoms. The maximum atomic E-state index is 10.5. The molecular weight excluding hydrogens is 172 g/mol. The maximum Gasteiger partial charge on any atom is 0.146 e. The summed E-state index contributed by atoms with van der Waals surface area (Å²) in [7, 11) is 1.57. The molecule has 1 saturated heterocycles. The molecule has 1 aliphatic heterocycles. The summed E-state index contributed by atoms with van der Waals surface area (Å²) in [5, 5.41) is 0. The summed E-state index contributed by atoms with van der Waals surface area (Å²) in [4.78, 5) is 10.5. The summed E-state index contributed by atoms with van der Waals surface area (Å²) in [6.07, 6.45) is 3.57. The fraction of sp³-hybridized carbons (Fsp3) is 0.667. The van der Waals surface area contributed by atoms with Crippen LogP contribution in [-0.2, 0) is 19.0 Å². The van der Waals surface area contributed by atoms with E-state index in [4.69, 9.17) is 14.2 Å². The second kappa shape index (κ2) is 3.57. The van der Waals surface area contributed by atoms with E-state index in [0.717, 1.165) is 11.9 Å². The van der Waals surface area contributed by atoms with E-state index in [1.54, 1.807) is 7.11 Å². The molecule has 0 bridgehead atoms. The third-order valence-electron chi connectivity index (χ3n) is 2.29. The van der Waals surface area contributed by atoms with Crippen LogP contribution in [-0.4, -0.2) is 38.5 Å². The molecule has 1 aliphatic carbocycles. The highest BCUT2D eigenvalue weighted by atomic mass is 16.7. The number of rotatable bonds is 4. The minimum absolute atomic E-state index is 0.0184. The molecule has 2 aliphatic rings. The van der Waals surface area contributed by atoms with E-state index in [9.17, 15) is 4.79 Å². The van der Waals surface area contributed by atoms with E-state index in [-0.39, 0.29) is 25.1 Å². The highest BCUT2D eigenvalue weighted by Gasteiger charge is 2.47. The highest BCUT2D eigenvalue weighted by Crippen LogP contribution is 2.36. The molecule has 0 amide bonds. The van der Waals surface area contributed by atoms with Gasteiger partial charge < -0.3 is 14.2 Å². The first-order valence-corrected chi connectivity index (χ1v) is 4.27. The zero-order valence-electron chi connectivity index (χ0n) is 7.43. The molecule has 0 spiro atoms. The van der Waals surface area contributed by atoms with E-state index in [2.05, 4.69) is 0 Å². The Hall–Kier alpha value is -0.710. The van der Waals surface area contributed by atoms with E-state index >= 15 is 0 Å². The Bertz CT molecular complexity index is 236. The van der Waals surface area contributed by atoms with Crippen LogP contribution in [0.3, 0.4) is 0 Å². The topological polar surface area (TPSA) is 48.1 Å². The van der Waals surface area contributed by atoms with Gasteiger partial charge in [-0.25, -0.2) is 0 Å². The van der Waals surface area contributed by atoms with Crippen LogP contribution >= 0.6 is 0 Å². The van der Waals surface area contributed by atoms with Crippen molar-refractivity contribution in [2.75, 3.05) is 13.9 Å². The predicted octanol–water partition coefficient (Wildman–Crippen LogP) is 0.272. The van der Waals surface area contributed by atoms with Crippen molar-refractivity contribution in [2.45, 2.75) is 24.7 Å². The average molecular weight is 184 g/mol. The lowest BCUT2D eigenvalue weighted by molar-refractivity contribution is -0.106. The molecule has 0 aromatic heterocycles. The van der Waals surface area contributed by atoms with Gasteiger partial charge in [-0.15, -0.1) is 0 Å². The molecule has 1 fully saturated rings. The van der Waals surface area contributed by atoms with Crippen LogP contribution in [0, 0.1) is 0 Å². The van der Waals surface area contributed by atoms with Gasteiger partial charge >= 0.3 is 0 Å². The summed E-state index contributed by atoms with van der Waals surface area (Å²) in [5.74, 6) is 0. The molecule has 0 aromatic rings. The Morgan fingerprint density at radius 3 is 3.31 bits per heavy atom. The quantitative estimate of drug-likeness (QED) is 0.357. The maximum absolute atomic E-state index is 10.5. The van der Waals surface area contributed by atoms with Gasteiger partial charge in [-0.1, -0.05) is 0 Å². The Balaban J connectivity index is 1.92.